The van der Waals surface area contributed by atoms with Crippen molar-refractivity contribution < 1.29 is 124 Å². The third-order valence-corrected chi connectivity index (χ3v) is 14.5. The molecule has 0 radical (unpaired) electrons. The number of nitrogens with two attached hydrogens (primary N) is 1. The second-order valence-electron chi connectivity index (χ2n) is 22.1. The maximum absolute atomic E-state index is 13.2. The molecular weight excluding hydrogens is 1380 g/mol. The van der Waals surface area contributed by atoms with Gasteiger partial charge in [0.2, 0.25) is 0 Å². The number of amides is 6. The zero-order valence-electron chi connectivity index (χ0n) is 66.4. The molecule has 0 bridgehead atoms. The maximum Gasteiger partial charge on any atom is 1.00 e. The number of nitrogens with zero attached hydrogens (tertiary/aromatic N) is 4. The predicted octanol–water partition coefficient (Wildman–Crippen LogP) is 13.0. The largest absolute Gasteiger partial charge is 1.00 e. The van der Waals surface area contributed by atoms with Gasteiger partial charge in [-0.3, -0.25) is 24.8 Å². The standard InChI is InChI=1S/2C23H28N2O4.C16H19NO5.C7H9N.6C2H6.CN.K.H3NO2/c2*1-17(2)20-16-28-23(27)25(20)22(26)21(29-19-11-7-4-8-12-19)13-14-24-15-18-9-5-3-6-10-18;1-11(2)13-10-21-16(20)17(13)15(19)14(8-9-18)22-12-6-4-3-5-7-12;8-6-7-4-2-1-3-5-7;7*1-2;;2-1-3/h2*3-12,17,20-21,24H,13-16H2,1-2H3;3-7,9,11,13-14H,8,10H2,1-2H3;1-5H,6,8H2;6*1-2H3;;;1-3H/q;;;;;;;;;;-1;+1;/t2*20-,21-;13-,14-;;;;;;;;;;/m111........../s1. The van der Waals surface area contributed by atoms with E-state index in [4.69, 9.17) is 56.4 Å². The molecule has 0 unspecified atom stereocenters. The van der Waals surface area contributed by atoms with Gasteiger partial charge in [-0.15, -0.1) is 0 Å². The number of ether oxygens (including phenoxy) is 6. The van der Waals surface area contributed by atoms with Gasteiger partial charge in [0.15, 0.2) is 18.3 Å². The van der Waals surface area contributed by atoms with E-state index in [-0.39, 0.29) is 125 Å². The van der Waals surface area contributed by atoms with Gasteiger partial charge in [0, 0.05) is 38.9 Å². The molecule has 582 valence electrons. The fraction of sp³-hybridized carbons (Fsp3) is 0.463. The van der Waals surface area contributed by atoms with E-state index in [9.17, 15) is 33.6 Å². The molecule has 3 saturated heterocycles. The van der Waals surface area contributed by atoms with Gasteiger partial charge in [-0.25, -0.2) is 29.1 Å². The summed E-state index contributed by atoms with van der Waals surface area (Å²) in [5.74, 6) is 0.703. The summed E-state index contributed by atoms with van der Waals surface area (Å²) in [5.41, 5.74) is 9.62. The molecule has 106 heavy (non-hydrogen) atoms. The minimum Gasteiger partial charge on any atom is -0.512 e. The first kappa shape index (κ1) is 104. The SMILES string of the molecule is CC.CC.CC.CC.CC.CC.CC(C)[C@H]1COC(=O)N1C(=O)[C@@H](CC=O)Oc1ccccc1.CC(C)[C@H]1COC(=O)N1C(=O)[C@@H](CCNCc1ccccc1)Oc1ccccc1.CC(C)[C@H]1COC(=O)N1C(=O)[C@@H](CCNCc1ccccc1)Oc1ccccc1.NCc1ccccc1.ONO.[C-]#N.[K+]. The van der Waals surface area contributed by atoms with Gasteiger partial charge in [-0.05, 0) is 83.9 Å². The summed E-state index contributed by atoms with van der Waals surface area (Å²) in [6.07, 6.45) is -3.08. The molecule has 3 fully saturated rings. The van der Waals surface area contributed by atoms with Crippen molar-refractivity contribution >= 4 is 42.3 Å². The van der Waals surface area contributed by atoms with Crippen LogP contribution in [0.25, 0.3) is 0 Å². The number of cyclic esters (lactones) is 3. The molecule has 3 heterocycles. The summed E-state index contributed by atoms with van der Waals surface area (Å²) in [4.78, 5) is 89.7. The summed E-state index contributed by atoms with van der Waals surface area (Å²) in [5, 5.41) is 26.7. The number of nitrogens with one attached hydrogen (secondary N) is 3. The van der Waals surface area contributed by atoms with Gasteiger partial charge in [0.1, 0.15) is 43.4 Å². The molecule has 6 amide bonds. The molecule has 0 aliphatic carbocycles. The number of para-hydroxylation sites is 3. The van der Waals surface area contributed by atoms with Crippen LogP contribution in [0.2, 0.25) is 0 Å². The van der Waals surface area contributed by atoms with Crippen LogP contribution in [0, 0.1) is 29.6 Å². The first-order valence-corrected chi connectivity index (χ1v) is 36.6. The number of imide groups is 3. The smallest absolute Gasteiger partial charge is 0.512 e. The van der Waals surface area contributed by atoms with E-state index >= 15 is 0 Å². The molecule has 23 nitrogen and oxygen atoms in total. The minimum absolute atomic E-state index is 0. The van der Waals surface area contributed by atoms with Crippen molar-refractivity contribution in [2.45, 2.75) is 200 Å². The number of hydrogen-bond acceptors (Lipinski definition) is 20. The van der Waals surface area contributed by atoms with Crippen LogP contribution >= 0.6 is 0 Å². The van der Waals surface area contributed by atoms with Crippen LogP contribution in [-0.4, -0.2) is 137 Å². The van der Waals surface area contributed by atoms with Gasteiger partial charge in [0.05, 0.1) is 18.1 Å². The number of benzene rings is 6. The van der Waals surface area contributed by atoms with Crippen LogP contribution in [-0.2, 0) is 53.0 Å². The Hall–Kier alpha value is -7.90. The van der Waals surface area contributed by atoms with E-state index in [1.54, 1.807) is 48.5 Å². The van der Waals surface area contributed by atoms with E-state index < -0.39 is 42.5 Å². The molecule has 0 spiro atoms. The Labute approximate surface area is 675 Å². The topological polar surface area (TPSA) is 311 Å². The van der Waals surface area contributed by atoms with Gasteiger partial charge >= 0.3 is 69.7 Å². The average molecular weight is 1500 g/mol. The minimum atomic E-state index is -1.04. The van der Waals surface area contributed by atoms with Gasteiger partial charge in [-0.2, -0.15) is 0 Å². The van der Waals surface area contributed by atoms with Crippen molar-refractivity contribution in [3.63, 3.8) is 0 Å². The monoisotopic (exact) mass is 1500 g/mol. The quantitative estimate of drug-likeness (QED) is 0.00775. The van der Waals surface area contributed by atoms with Crippen LogP contribution in [0.15, 0.2) is 182 Å². The Morgan fingerprint density at radius 2 is 0.679 bits per heavy atom. The van der Waals surface area contributed by atoms with Crippen LogP contribution in [0.1, 0.15) is 161 Å². The summed E-state index contributed by atoms with van der Waals surface area (Å²) in [6, 6.07) is 56.3. The predicted molar refractivity (Wildman–Crippen MR) is 413 cm³/mol. The Balaban J connectivity index is -0.000000636. The fourth-order valence-electron chi connectivity index (χ4n) is 9.49. The fourth-order valence-corrected chi connectivity index (χ4v) is 9.49. The third kappa shape index (κ3) is 40.7. The molecule has 6 aromatic rings. The first-order valence-electron chi connectivity index (χ1n) is 36.6. The summed E-state index contributed by atoms with van der Waals surface area (Å²) >= 11 is 0. The average Bonchev–Trinajstić information content (AvgIpc) is 1.66. The van der Waals surface area contributed by atoms with Crippen LogP contribution in [0.4, 0.5) is 14.4 Å². The van der Waals surface area contributed by atoms with Crippen molar-refractivity contribution in [1.82, 2.24) is 31.0 Å². The number of carbonyl (C=O) groups excluding carboxylic acids is 7. The summed E-state index contributed by atoms with van der Waals surface area (Å²) in [6.45, 7) is 44.3. The molecule has 7 N–H and O–H groups in total. The number of hydrogen-bond donors (Lipinski definition) is 6. The normalized spacial score (nSPS) is 14.6. The van der Waals surface area contributed by atoms with Crippen molar-refractivity contribution in [2.24, 2.45) is 23.5 Å². The van der Waals surface area contributed by atoms with E-state index in [0.717, 1.165) is 10.5 Å². The molecule has 0 aromatic heterocycles. The Bertz CT molecular complexity index is 3010. The number of rotatable bonds is 25. The second kappa shape index (κ2) is 67.7. The Morgan fingerprint density at radius 3 is 0.906 bits per heavy atom. The molecule has 3 aliphatic heterocycles. The van der Waals surface area contributed by atoms with E-state index in [1.807, 2.05) is 258 Å². The van der Waals surface area contributed by atoms with E-state index in [1.165, 1.54) is 26.5 Å². The van der Waals surface area contributed by atoms with Crippen molar-refractivity contribution in [3.05, 3.63) is 205 Å². The van der Waals surface area contributed by atoms with Gasteiger partial charge in [-0.1, -0.05) is 276 Å². The summed E-state index contributed by atoms with van der Waals surface area (Å²) < 4.78 is 32.8. The molecule has 3 aliphatic rings. The summed E-state index contributed by atoms with van der Waals surface area (Å²) in [7, 11) is 0. The first-order chi connectivity index (χ1) is 51.0. The van der Waals surface area contributed by atoms with Crippen LogP contribution < -0.4 is 87.6 Å². The van der Waals surface area contributed by atoms with Gasteiger partial charge < -0.3 is 61.4 Å². The number of aldehydes is 1. The molecule has 6 aromatic carbocycles. The van der Waals surface area contributed by atoms with Crippen molar-refractivity contribution in [3.8, 4) is 17.2 Å². The molecule has 24 heteroatoms. The second-order valence-corrected chi connectivity index (χ2v) is 22.1. The van der Waals surface area contributed by atoms with E-state index in [2.05, 4.69) is 10.6 Å². The molecular formula is C82H123KN8O15. The Morgan fingerprint density at radius 1 is 0.453 bits per heavy atom. The zero-order valence-corrected chi connectivity index (χ0v) is 69.6. The van der Waals surface area contributed by atoms with Crippen LogP contribution in [0.3, 0.4) is 0 Å². The molecule has 6 atom stereocenters. The Kier molecular flexibility index (Phi) is 66.7. The van der Waals surface area contributed by atoms with E-state index in [0.29, 0.717) is 69.1 Å². The van der Waals surface area contributed by atoms with Crippen molar-refractivity contribution in [2.75, 3.05) is 32.9 Å². The zero-order chi connectivity index (χ0) is 79.9. The van der Waals surface area contributed by atoms with Gasteiger partial charge in [0.25, 0.3) is 17.7 Å². The molecule has 9 rings (SSSR count). The van der Waals surface area contributed by atoms with Crippen molar-refractivity contribution in [1.29, 1.82) is 5.26 Å². The van der Waals surface area contributed by atoms with Crippen LogP contribution in [0.5, 0.6) is 17.2 Å². The third-order valence-electron chi connectivity index (χ3n) is 14.5. The number of carbonyl (C=O) groups is 7. The maximum atomic E-state index is 13.2. The molecule has 0 saturated carbocycles.